The van der Waals surface area contributed by atoms with Crippen molar-refractivity contribution in [3.05, 3.63) is 50.4 Å². The number of hydrogen-bond acceptors (Lipinski definition) is 3. The Morgan fingerprint density at radius 3 is 2.70 bits per heavy atom. The average molecular weight is 377 g/mol. The van der Waals surface area contributed by atoms with Crippen LogP contribution in [0.2, 0.25) is 10.0 Å². The zero-order valence-electron chi connectivity index (χ0n) is 10.6. The largest absolute Gasteiger partial charge is 0.504 e. The van der Waals surface area contributed by atoms with Crippen LogP contribution >= 0.6 is 39.1 Å². The molecule has 0 aliphatic carbocycles. The molecule has 0 fully saturated rings. The lowest BCUT2D eigenvalue weighted by Crippen LogP contribution is -2.01. The molecular weight excluding hydrogens is 365 g/mol. The highest BCUT2D eigenvalue weighted by Gasteiger charge is 2.10. The Kier molecular flexibility index (Phi) is 5.02. The van der Waals surface area contributed by atoms with Gasteiger partial charge in [-0.25, -0.2) is 0 Å². The first-order valence-electron chi connectivity index (χ1n) is 5.75. The van der Waals surface area contributed by atoms with E-state index in [1.165, 1.54) is 7.11 Å². The molecule has 2 aromatic rings. The topological polar surface area (TPSA) is 41.5 Å². The molecule has 0 aromatic heterocycles. The van der Waals surface area contributed by atoms with Crippen LogP contribution in [0.15, 0.2) is 34.8 Å². The van der Waals surface area contributed by atoms with E-state index in [0.29, 0.717) is 27.9 Å². The molecule has 20 heavy (non-hydrogen) atoms. The van der Waals surface area contributed by atoms with Crippen molar-refractivity contribution < 1.29 is 9.84 Å². The van der Waals surface area contributed by atoms with Crippen LogP contribution in [0.25, 0.3) is 0 Å². The second-order valence-electron chi connectivity index (χ2n) is 4.09. The van der Waals surface area contributed by atoms with E-state index in [-0.39, 0.29) is 5.75 Å². The molecule has 0 saturated heterocycles. The lowest BCUT2D eigenvalue weighted by molar-refractivity contribution is 0.371. The van der Waals surface area contributed by atoms with Crippen LogP contribution in [0.4, 0.5) is 5.69 Å². The van der Waals surface area contributed by atoms with Crippen LogP contribution in [0.5, 0.6) is 11.5 Å². The van der Waals surface area contributed by atoms with E-state index >= 15 is 0 Å². The molecule has 0 amide bonds. The molecule has 0 spiro atoms. The Labute approximate surface area is 135 Å². The highest BCUT2D eigenvalue weighted by atomic mass is 79.9. The number of phenolic OH excluding ortho intramolecular Hbond substituents is 1. The number of rotatable bonds is 4. The van der Waals surface area contributed by atoms with Gasteiger partial charge in [0.25, 0.3) is 0 Å². The molecule has 2 rings (SSSR count). The van der Waals surface area contributed by atoms with Crippen molar-refractivity contribution in [2.45, 2.75) is 6.54 Å². The zero-order valence-corrected chi connectivity index (χ0v) is 13.7. The summed E-state index contributed by atoms with van der Waals surface area (Å²) >= 11 is 15.5. The van der Waals surface area contributed by atoms with Gasteiger partial charge >= 0.3 is 0 Å². The van der Waals surface area contributed by atoms with Crippen molar-refractivity contribution in [1.29, 1.82) is 0 Å². The summed E-state index contributed by atoms with van der Waals surface area (Å²) in [7, 11) is 1.48. The van der Waals surface area contributed by atoms with Crippen molar-refractivity contribution in [1.82, 2.24) is 0 Å². The van der Waals surface area contributed by atoms with E-state index < -0.39 is 0 Å². The maximum Gasteiger partial charge on any atom is 0.162 e. The lowest BCUT2D eigenvalue weighted by Gasteiger charge is -2.12. The number of hydrogen-bond donors (Lipinski definition) is 2. The van der Waals surface area contributed by atoms with E-state index in [0.717, 1.165) is 10.2 Å². The first-order chi connectivity index (χ1) is 9.51. The smallest absolute Gasteiger partial charge is 0.162 e. The molecule has 106 valence electrons. The second-order valence-corrected chi connectivity index (χ2v) is 5.85. The van der Waals surface area contributed by atoms with Gasteiger partial charge in [-0.2, -0.15) is 0 Å². The second kappa shape index (κ2) is 6.57. The minimum absolute atomic E-state index is 0.0653. The highest BCUT2D eigenvalue weighted by molar-refractivity contribution is 9.10. The molecule has 2 aromatic carbocycles. The van der Waals surface area contributed by atoms with Gasteiger partial charge in [-0.1, -0.05) is 39.1 Å². The summed E-state index contributed by atoms with van der Waals surface area (Å²) in [6.07, 6.45) is 0. The minimum Gasteiger partial charge on any atom is -0.504 e. The molecule has 6 heteroatoms. The number of ether oxygens (including phenoxy) is 1. The predicted octanol–water partition coefficient (Wildman–Crippen LogP) is 5.08. The number of anilines is 1. The van der Waals surface area contributed by atoms with Gasteiger partial charge in [0.15, 0.2) is 11.5 Å². The maximum atomic E-state index is 10.0. The minimum atomic E-state index is 0.0653. The summed E-state index contributed by atoms with van der Waals surface area (Å²) in [6.45, 7) is 0.374. The van der Waals surface area contributed by atoms with Crippen molar-refractivity contribution in [2.75, 3.05) is 12.4 Å². The van der Waals surface area contributed by atoms with Crippen LogP contribution in [0, 0.1) is 0 Å². The van der Waals surface area contributed by atoms with Gasteiger partial charge in [-0.3, -0.25) is 0 Å². The molecule has 0 aliphatic rings. The lowest BCUT2D eigenvalue weighted by atomic mass is 10.1. The van der Waals surface area contributed by atoms with Crippen LogP contribution in [0.3, 0.4) is 0 Å². The van der Waals surface area contributed by atoms with E-state index in [1.807, 2.05) is 12.1 Å². The molecule has 3 nitrogen and oxygen atoms in total. The average Bonchev–Trinajstić information content (AvgIpc) is 2.42. The number of aromatic hydroxyl groups is 1. The number of methoxy groups -OCH3 is 1. The quantitative estimate of drug-likeness (QED) is 0.781. The number of halogens is 3. The molecule has 0 aliphatic heterocycles. The Morgan fingerprint density at radius 2 is 2.00 bits per heavy atom. The normalized spacial score (nSPS) is 10.4. The molecule has 2 N–H and O–H groups in total. The summed E-state index contributed by atoms with van der Waals surface area (Å²) in [5, 5.41) is 14.3. The Morgan fingerprint density at radius 1 is 1.25 bits per heavy atom. The monoisotopic (exact) mass is 375 g/mol. The summed E-state index contributed by atoms with van der Waals surface area (Å²) in [6, 6.07) is 8.74. The number of benzene rings is 2. The van der Waals surface area contributed by atoms with Crippen molar-refractivity contribution in [3.63, 3.8) is 0 Å². The van der Waals surface area contributed by atoms with Crippen LogP contribution < -0.4 is 10.1 Å². The third-order valence-electron chi connectivity index (χ3n) is 2.74. The van der Waals surface area contributed by atoms with Crippen LogP contribution in [-0.2, 0) is 6.54 Å². The van der Waals surface area contributed by atoms with Crippen LogP contribution in [-0.4, -0.2) is 12.2 Å². The predicted molar refractivity (Wildman–Crippen MR) is 86.1 cm³/mol. The molecule has 0 bridgehead atoms. The third kappa shape index (κ3) is 3.51. The molecule has 0 radical (unpaired) electrons. The fourth-order valence-corrected chi connectivity index (χ4v) is 2.52. The molecule has 0 saturated carbocycles. The summed E-state index contributed by atoms with van der Waals surface area (Å²) < 4.78 is 5.98. The van der Waals surface area contributed by atoms with Gasteiger partial charge in [0.2, 0.25) is 0 Å². The van der Waals surface area contributed by atoms with Gasteiger partial charge in [-0.05, 0) is 24.3 Å². The van der Waals surface area contributed by atoms with Crippen molar-refractivity contribution >= 4 is 44.8 Å². The van der Waals surface area contributed by atoms with Gasteiger partial charge in [0.05, 0.1) is 17.8 Å². The standard InChI is InChI=1S/C14H12BrCl2NO2/c1-20-13-6-10(16)4-8(14(13)19)7-18-12-5-9(15)2-3-11(12)17/h2-6,18-19H,7H2,1H3. The molecule has 0 unspecified atom stereocenters. The third-order valence-corrected chi connectivity index (χ3v) is 3.78. The molecular formula is C14H12BrCl2NO2. The van der Waals surface area contributed by atoms with E-state index in [1.54, 1.807) is 18.2 Å². The van der Waals surface area contributed by atoms with E-state index in [2.05, 4.69) is 21.2 Å². The first kappa shape index (κ1) is 15.3. The van der Waals surface area contributed by atoms with Gasteiger partial charge < -0.3 is 15.2 Å². The van der Waals surface area contributed by atoms with Crippen molar-refractivity contribution in [2.24, 2.45) is 0 Å². The number of phenols is 1. The SMILES string of the molecule is COc1cc(Cl)cc(CNc2cc(Br)ccc2Cl)c1O. The first-order valence-corrected chi connectivity index (χ1v) is 7.30. The summed E-state index contributed by atoms with van der Waals surface area (Å²) in [5.41, 5.74) is 1.39. The van der Waals surface area contributed by atoms with Crippen molar-refractivity contribution in [3.8, 4) is 11.5 Å². The zero-order chi connectivity index (χ0) is 14.7. The van der Waals surface area contributed by atoms with E-state index in [9.17, 15) is 5.11 Å². The summed E-state index contributed by atoms with van der Waals surface area (Å²) in [4.78, 5) is 0. The van der Waals surface area contributed by atoms with Gasteiger partial charge in [-0.15, -0.1) is 0 Å². The Hall–Kier alpha value is -1.10. The Bertz CT molecular complexity index is 635. The maximum absolute atomic E-state index is 10.0. The van der Waals surface area contributed by atoms with Gasteiger partial charge in [0.1, 0.15) is 0 Å². The number of nitrogens with one attached hydrogen (secondary N) is 1. The van der Waals surface area contributed by atoms with Crippen LogP contribution in [0.1, 0.15) is 5.56 Å². The highest BCUT2D eigenvalue weighted by Crippen LogP contribution is 2.34. The fraction of sp³-hybridized carbons (Fsp3) is 0.143. The molecule has 0 atom stereocenters. The van der Waals surface area contributed by atoms with E-state index in [4.69, 9.17) is 27.9 Å². The molecule has 0 heterocycles. The van der Waals surface area contributed by atoms with Gasteiger partial charge in [0, 0.05) is 27.7 Å². The Balaban J connectivity index is 2.23. The summed E-state index contributed by atoms with van der Waals surface area (Å²) in [5.74, 6) is 0.408. The fourth-order valence-electron chi connectivity index (χ4n) is 1.74.